The van der Waals surface area contributed by atoms with Crippen molar-refractivity contribution in [2.45, 2.75) is 24.8 Å². The van der Waals surface area contributed by atoms with Crippen LogP contribution in [0.15, 0.2) is 18.2 Å². The van der Waals surface area contributed by atoms with E-state index < -0.39 is 36.3 Å². The van der Waals surface area contributed by atoms with Gasteiger partial charge in [-0.15, -0.1) is 0 Å². The molecule has 0 bridgehead atoms. The number of rotatable bonds is 5. The maximum absolute atomic E-state index is 12.7. The second-order valence-electron chi connectivity index (χ2n) is 4.18. The fraction of sp³-hybridized carbons (Fsp3) is 0.417. The Balaban J connectivity index is 3.13. The highest BCUT2D eigenvalue weighted by atomic mass is 19.4. The zero-order chi connectivity index (χ0) is 15.5. The number of benzene rings is 1. The lowest BCUT2D eigenvalue weighted by molar-refractivity contribution is -0.138. The highest BCUT2D eigenvalue weighted by Gasteiger charge is 2.32. The molecule has 0 radical (unpaired) electrons. The van der Waals surface area contributed by atoms with Crippen molar-refractivity contribution in [1.29, 1.82) is 0 Å². The topological polar surface area (TPSA) is 92.8 Å². The number of primary amides is 1. The summed E-state index contributed by atoms with van der Waals surface area (Å²) in [4.78, 5) is 10.6. The van der Waals surface area contributed by atoms with Crippen molar-refractivity contribution in [1.82, 2.24) is 0 Å². The normalized spacial score (nSPS) is 14.7. The first-order valence-electron chi connectivity index (χ1n) is 5.55. The number of halogens is 3. The molecule has 0 aliphatic carbocycles. The van der Waals surface area contributed by atoms with Gasteiger partial charge in [0.15, 0.2) is 0 Å². The summed E-state index contributed by atoms with van der Waals surface area (Å²) in [5.74, 6) is -1.00. The van der Waals surface area contributed by atoms with Gasteiger partial charge in [-0.05, 0) is 23.8 Å². The van der Waals surface area contributed by atoms with E-state index in [1.165, 1.54) is 7.11 Å². The number of carbonyl (C=O) groups excluding carboxylic acids is 1. The van der Waals surface area contributed by atoms with E-state index in [4.69, 9.17) is 10.5 Å². The lowest BCUT2D eigenvalue weighted by Crippen LogP contribution is -2.26. The number of hydrogen-bond donors (Lipinski definition) is 3. The molecule has 0 aliphatic heterocycles. The standard InChI is InChI=1S/C12H14F3NO4/c1-20-8-3-6(2-7(4-8)12(13,14)15)11(19)9(17)5-10(16)18/h2-4,9,11,17,19H,5H2,1H3,(H2,16,18). The summed E-state index contributed by atoms with van der Waals surface area (Å²) in [7, 11) is 1.17. The summed E-state index contributed by atoms with van der Waals surface area (Å²) in [6, 6.07) is 2.58. The number of aliphatic hydroxyl groups is 2. The Hall–Kier alpha value is -1.80. The Labute approximate surface area is 112 Å². The molecule has 2 unspecified atom stereocenters. The third-order valence-electron chi connectivity index (χ3n) is 2.61. The largest absolute Gasteiger partial charge is 0.497 e. The minimum absolute atomic E-state index is 0.125. The lowest BCUT2D eigenvalue weighted by atomic mass is 9.99. The molecule has 0 saturated carbocycles. The molecule has 1 aromatic rings. The Morgan fingerprint density at radius 1 is 1.35 bits per heavy atom. The minimum Gasteiger partial charge on any atom is -0.497 e. The van der Waals surface area contributed by atoms with Crippen LogP contribution in [0.5, 0.6) is 5.75 Å². The Kier molecular flexibility index (Phi) is 4.96. The third-order valence-corrected chi connectivity index (χ3v) is 2.61. The molecule has 4 N–H and O–H groups in total. The molecule has 1 amide bonds. The van der Waals surface area contributed by atoms with E-state index in [1.54, 1.807) is 0 Å². The molecule has 2 atom stereocenters. The van der Waals surface area contributed by atoms with E-state index in [2.05, 4.69) is 0 Å². The fourth-order valence-electron chi connectivity index (χ4n) is 1.61. The highest BCUT2D eigenvalue weighted by Crippen LogP contribution is 2.34. The van der Waals surface area contributed by atoms with Gasteiger partial charge in [-0.1, -0.05) is 0 Å². The van der Waals surface area contributed by atoms with Crippen molar-refractivity contribution in [3.8, 4) is 5.75 Å². The summed E-state index contributed by atoms with van der Waals surface area (Å²) < 4.78 is 42.8. The number of amides is 1. The predicted octanol–water partition coefficient (Wildman–Crippen LogP) is 0.984. The van der Waals surface area contributed by atoms with Crippen molar-refractivity contribution in [3.63, 3.8) is 0 Å². The second-order valence-corrected chi connectivity index (χ2v) is 4.18. The van der Waals surface area contributed by atoms with E-state index in [9.17, 15) is 28.2 Å². The van der Waals surface area contributed by atoms with Crippen LogP contribution in [0.1, 0.15) is 23.7 Å². The first-order valence-corrected chi connectivity index (χ1v) is 5.55. The van der Waals surface area contributed by atoms with Gasteiger partial charge in [-0.25, -0.2) is 0 Å². The van der Waals surface area contributed by atoms with Crippen LogP contribution < -0.4 is 10.5 Å². The second kappa shape index (κ2) is 6.10. The van der Waals surface area contributed by atoms with Crippen molar-refractivity contribution in [3.05, 3.63) is 29.3 Å². The van der Waals surface area contributed by atoms with E-state index in [0.717, 1.165) is 12.1 Å². The molecular weight excluding hydrogens is 279 g/mol. The quantitative estimate of drug-likeness (QED) is 0.754. The first-order chi connectivity index (χ1) is 9.15. The van der Waals surface area contributed by atoms with Gasteiger partial charge in [-0.2, -0.15) is 13.2 Å². The van der Waals surface area contributed by atoms with E-state index in [-0.39, 0.29) is 11.3 Å². The van der Waals surface area contributed by atoms with E-state index in [1.807, 2.05) is 0 Å². The van der Waals surface area contributed by atoms with Crippen LogP contribution in [0.3, 0.4) is 0 Å². The van der Waals surface area contributed by atoms with Crippen LogP contribution in [-0.2, 0) is 11.0 Å². The van der Waals surface area contributed by atoms with Gasteiger partial charge in [-0.3, -0.25) is 4.79 Å². The molecular formula is C12H14F3NO4. The van der Waals surface area contributed by atoms with Gasteiger partial charge in [0, 0.05) is 0 Å². The number of ether oxygens (including phenoxy) is 1. The molecule has 112 valence electrons. The van der Waals surface area contributed by atoms with Crippen molar-refractivity contribution in [2.75, 3.05) is 7.11 Å². The van der Waals surface area contributed by atoms with Crippen LogP contribution in [0, 0.1) is 0 Å². The van der Waals surface area contributed by atoms with Gasteiger partial charge in [0.25, 0.3) is 0 Å². The van der Waals surface area contributed by atoms with Crippen molar-refractivity contribution >= 4 is 5.91 Å². The van der Waals surface area contributed by atoms with Crippen LogP contribution in [0.4, 0.5) is 13.2 Å². The van der Waals surface area contributed by atoms with Crippen LogP contribution in [0.2, 0.25) is 0 Å². The van der Waals surface area contributed by atoms with E-state index >= 15 is 0 Å². The molecule has 0 fully saturated rings. The Morgan fingerprint density at radius 2 is 1.95 bits per heavy atom. The molecule has 20 heavy (non-hydrogen) atoms. The smallest absolute Gasteiger partial charge is 0.416 e. The number of nitrogens with two attached hydrogens (primary N) is 1. The molecule has 1 rings (SSSR count). The van der Waals surface area contributed by atoms with Crippen LogP contribution in [0.25, 0.3) is 0 Å². The molecule has 1 aromatic carbocycles. The fourth-order valence-corrected chi connectivity index (χ4v) is 1.61. The monoisotopic (exact) mass is 293 g/mol. The average molecular weight is 293 g/mol. The summed E-state index contributed by atoms with van der Waals surface area (Å²) >= 11 is 0. The zero-order valence-electron chi connectivity index (χ0n) is 10.5. The molecule has 0 aromatic heterocycles. The molecule has 0 spiro atoms. The number of hydrogen-bond acceptors (Lipinski definition) is 4. The van der Waals surface area contributed by atoms with Crippen LogP contribution in [-0.4, -0.2) is 29.3 Å². The maximum atomic E-state index is 12.7. The van der Waals surface area contributed by atoms with Gasteiger partial charge in [0.2, 0.25) is 5.91 Å². The maximum Gasteiger partial charge on any atom is 0.416 e. The van der Waals surface area contributed by atoms with Crippen LogP contribution >= 0.6 is 0 Å². The van der Waals surface area contributed by atoms with Gasteiger partial charge in [0.05, 0.1) is 25.2 Å². The number of alkyl halides is 3. The van der Waals surface area contributed by atoms with Gasteiger partial charge < -0.3 is 20.7 Å². The van der Waals surface area contributed by atoms with Crippen molar-refractivity contribution in [2.24, 2.45) is 5.73 Å². The van der Waals surface area contributed by atoms with Gasteiger partial charge >= 0.3 is 6.18 Å². The molecule has 0 heterocycles. The van der Waals surface area contributed by atoms with E-state index in [0.29, 0.717) is 6.07 Å². The number of carbonyl (C=O) groups is 1. The summed E-state index contributed by atoms with van der Waals surface area (Å²) in [5.41, 5.74) is 3.60. The zero-order valence-corrected chi connectivity index (χ0v) is 10.5. The Morgan fingerprint density at radius 3 is 2.40 bits per heavy atom. The first kappa shape index (κ1) is 16.3. The highest BCUT2D eigenvalue weighted by molar-refractivity contribution is 5.74. The van der Waals surface area contributed by atoms with Gasteiger partial charge in [0.1, 0.15) is 11.9 Å². The SMILES string of the molecule is COc1cc(C(O)C(O)CC(N)=O)cc(C(F)(F)F)c1. The number of methoxy groups -OCH3 is 1. The lowest BCUT2D eigenvalue weighted by Gasteiger charge is -2.19. The number of aliphatic hydroxyl groups excluding tert-OH is 2. The molecule has 0 saturated heterocycles. The third kappa shape index (κ3) is 4.10. The molecule has 8 heteroatoms. The summed E-state index contributed by atoms with van der Waals surface area (Å²) in [6.45, 7) is 0. The minimum atomic E-state index is -4.63. The summed E-state index contributed by atoms with van der Waals surface area (Å²) in [6.07, 6.45) is -8.48. The van der Waals surface area contributed by atoms with Crippen molar-refractivity contribution < 1.29 is 32.9 Å². The summed E-state index contributed by atoms with van der Waals surface area (Å²) in [5, 5.41) is 19.3. The predicted molar refractivity (Wildman–Crippen MR) is 62.8 cm³/mol. The molecule has 0 aliphatic rings. The molecule has 5 nitrogen and oxygen atoms in total. The average Bonchev–Trinajstić information content (AvgIpc) is 2.35. The Bertz CT molecular complexity index is 490.